The van der Waals surface area contributed by atoms with E-state index in [1.54, 1.807) is 12.1 Å². The Kier molecular flexibility index (Phi) is 4.23. The molecule has 2 aromatic rings. The molecule has 1 heterocycles. The highest BCUT2D eigenvalue weighted by atomic mass is 35.5. The normalized spacial score (nSPS) is 11.3. The third-order valence-corrected chi connectivity index (χ3v) is 3.25. The summed E-state index contributed by atoms with van der Waals surface area (Å²) in [5.74, 6) is -1.92. The van der Waals surface area contributed by atoms with Gasteiger partial charge in [-0.05, 0) is 11.5 Å². The largest absolute Gasteiger partial charge is 0.502 e. The average molecular weight is 323 g/mol. The summed E-state index contributed by atoms with van der Waals surface area (Å²) in [7, 11) is 0. The topological polar surface area (TPSA) is 92.5 Å². The van der Waals surface area contributed by atoms with E-state index in [0.29, 0.717) is 5.75 Å². The van der Waals surface area contributed by atoms with Gasteiger partial charge in [-0.2, -0.15) is 0 Å². The number of aromatic hydroxyl groups is 1. The van der Waals surface area contributed by atoms with Gasteiger partial charge < -0.3 is 14.9 Å². The first kappa shape index (κ1) is 16.0. The molecule has 0 fully saturated rings. The van der Waals surface area contributed by atoms with Crippen molar-refractivity contribution in [3.05, 3.63) is 40.5 Å². The standard InChI is InChI=1S/C15H15ClN2O4/c1-15(2,3)8-6-4-5-7-9(8)22-13-11(19)10(14(20)21)12(16)17-18-13/h4-7H,1-3H3,(H,17,19)(H,20,21). The number of rotatable bonds is 3. The summed E-state index contributed by atoms with van der Waals surface area (Å²) >= 11 is 5.63. The van der Waals surface area contributed by atoms with Crippen molar-refractivity contribution in [1.82, 2.24) is 10.2 Å². The van der Waals surface area contributed by atoms with E-state index < -0.39 is 22.4 Å². The molecule has 0 atom stereocenters. The Balaban J connectivity index is 2.50. The second-order valence-corrected chi connectivity index (χ2v) is 6.03. The molecule has 0 unspecified atom stereocenters. The first-order valence-corrected chi connectivity index (χ1v) is 6.85. The number of aromatic carboxylic acids is 1. The molecule has 7 heteroatoms. The summed E-state index contributed by atoms with van der Waals surface area (Å²) in [6.45, 7) is 6.02. The number of carboxylic acid groups (broad SMARTS) is 1. The maximum Gasteiger partial charge on any atom is 0.342 e. The first-order valence-electron chi connectivity index (χ1n) is 6.47. The van der Waals surface area contributed by atoms with E-state index in [1.807, 2.05) is 32.9 Å². The van der Waals surface area contributed by atoms with Crippen molar-refractivity contribution >= 4 is 17.6 Å². The number of carboxylic acids is 1. The van der Waals surface area contributed by atoms with Gasteiger partial charge in [0.25, 0.3) is 5.88 Å². The SMILES string of the molecule is CC(C)(C)c1ccccc1Oc1nnc(Cl)c(C(=O)O)c1O. The quantitative estimate of drug-likeness (QED) is 0.896. The number of nitrogens with zero attached hydrogens (tertiary/aromatic N) is 2. The van der Waals surface area contributed by atoms with E-state index in [2.05, 4.69) is 10.2 Å². The highest BCUT2D eigenvalue weighted by Gasteiger charge is 2.24. The zero-order chi connectivity index (χ0) is 16.5. The molecule has 6 nitrogen and oxygen atoms in total. The van der Waals surface area contributed by atoms with Crippen LogP contribution in [-0.4, -0.2) is 26.4 Å². The highest BCUT2D eigenvalue weighted by Crippen LogP contribution is 2.38. The fourth-order valence-corrected chi connectivity index (χ4v) is 2.14. The molecule has 116 valence electrons. The highest BCUT2D eigenvalue weighted by molar-refractivity contribution is 6.32. The van der Waals surface area contributed by atoms with Crippen LogP contribution in [0.25, 0.3) is 0 Å². The Labute approximate surface area is 132 Å². The molecule has 0 radical (unpaired) electrons. The fraction of sp³-hybridized carbons (Fsp3) is 0.267. The number of halogens is 1. The summed E-state index contributed by atoms with van der Waals surface area (Å²) in [5, 5.41) is 25.8. The van der Waals surface area contributed by atoms with Crippen molar-refractivity contribution in [2.24, 2.45) is 0 Å². The Hall–Kier alpha value is -2.34. The minimum Gasteiger partial charge on any atom is -0.502 e. The van der Waals surface area contributed by atoms with Crippen LogP contribution in [0.1, 0.15) is 36.7 Å². The molecule has 0 bridgehead atoms. The van der Waals surface area contributed by atoms with Crippen LogP contribution in [0.3, 0.4) is 0 Å². The minimum atomic E-state index is -1.41. The summed E-state index contributed by atoms with van der Waals surface area (Å²) in [4.78, 5) is 11.1. The predicted molar refractivity (Wildman–Crippen MR) is 80.9 cm³/mol. The van der Waals surface area contributed by atoms with Gasteiger partial charge in [-0.25, -0.2) is 4.79 Å². The van der Waals surface area contributed by atoms with Gasteiger partial charge in [-0.15, -0.1) is 10.2 Å². The molecule has 0 saturated heterocycles. The number of carbonyl (C=O) groups is 1. The maximum atomic E-state index is 11.1. The van der Waals surface area contributed by atoms with E-state index >= 15 is 0 Å². The van der Waals surface area contributed by atoms with E-state index in [1.165, 1.54) is 0 Å². The van der Waals surface area contributed by atoms with Crippen LogP contribution < -0.4 is 4.74 Å². The molecule has 2 N–H and O–H groups in total. The number of ether oxygens (including phenoxy) is 1. The van der Waals surface area contributed by atoms with Crippen LogP contribution in [0.5, 0.6) is 17.4 Å². The predicted octanol–water partition coefficient (Wildman–Crippen LogP) is 3.62. The zero-order valence-electron chi connectivity index (χ0n) is 12.3. The van der Waals surface area contributed by atoms with Crippen LogP contribution in [0.15, 0.2) is 24.3 Å². The number of hydrogen-bond acceptors (Lipinski definition) is 5. The van der Waals surface area contributed by atoms with Gasteiger partial charge in [0, 0.05) is 5.56 Å². The number of para-hydroxylation sites is 1. The van der Waals surface area contributed by atoms with E-state index in [0.717, 1.165) is 5.56 Å². The van der Waals surface area contributed by atoms with Gasteiger partial charge in [0.15, 0.2) is 10.9 Å². The number of benzene rings is 1. The minimum absolute atomic E-state index is 0.207. The van der Waals surface area contributed by atoms with Gasteiger partial charge >= 0.3 is 5.97 Å². The van der Waals surface area contributed by atoms with Gasteiger partial charge in [-0.3, -0.25) is 0 Å². The lowest BCUT2D eigenvalue weighted by molar-refractivity contribution is 0.0692. The van der Waals surface area contributed by atoms with E-state index in [9.17, 15) is 9.90 Å². The smallest absolute Gasteiger partial charge is 0.342 e. The van der Waals surface area contributed by atoms with Crippen LogP contribution in [0.4, 0.5) is 0 Å². The van der Waals surface area contributed by atoms with Gasteiger partial charge in [0.05, 0.1) is 0 Å². The van der Waals surface area contributed by atoms with Crippen LogP contribution in [0.2, 0.25) is 5.15 Å². The van der Waals surface area contributed by atoms with Crippen LogP contribution in [-0.2, 0) is 5.41 Å². The van der Waals surface area contributed by atoms with E-state index in [-0.39, 0.29) is 11.3 Å². The van der Waals surface area contributed by atoms with Crippen molar-refractivity contribution in [3.63, 3.8) is 0 Å². The Morgan fingerprint density at radius 1 is 1.23 bits per heavy atom. The lowest BCUT2D eigenvalue weighted by Crippen LogP contribution is -2.12. The molecule has 2 rings (SSSR count). The molecule has 1 aromatic heterocycles. The molecule has 0 aliphatic rings. The van der Waals surface area contributed by atoms with E-state index in [4.69, 9.17) is 21.4 Å². The second kappa shape index (κ2) is 5.81. The summed E-state index contributed by atoms with van der Waals surface area (Å²) in [5.41, 5.74) is 0.129. The average Bonchev–Trinajstić information content (AvgIpc) is 2.41. The molecule has 0 spiro atoms. The van der Waals surface area contributed by atoms with Crippen molar-refractivity contribution in [2.45, 2.75) is 26.2 Å². The molecule has 1 aromatic carbocycles. The van der Waals surface area contributed by atoms with Gasteiger partial charge in [0.1, 0.15) is 11.3 Å². The maximum absolute atomic E-state index is 11.1. The second-order valence-electron chi connectivity index (χ2n) is 5.67. The monoisotopic (exact) mass is 322 g/mol. The molecule has 0 aliphatic heterocycles. The molecule has 22 heavy (non-hydrogen) atoms. The summed E-state index contributed by atoms with van der Waals surface area (Å²) in [6.07, 6.45) is 0. The van der Waals surface area contributed by atoms with Crippen LogP contribution in [0, 0.1) is 0 Å². The number of hydrogen-bond donors (Lipinski definition) is 2. The summed E-state index contributed by atoms with van der Waals surface area (Å²) < 4.78 is 5.57. The van der Waals surface area contributed by atoms with Crippen molar-refractivity contribution in [3.8, 4) is 17.4 Å². The first-order chi connectivity index (χ1) is 10.2. The van der Waals surface area contributed by atoms with Crippen LogP contribution >= 0.6 is 11.6 Å². The fourth-order valence-electron chi connectivity index (χ4n) is 1.93. The summed E-state index contributed by atoms with van der Waals surface area (Å²) in [6, 6.07) is 7.22. The third kappa shape index (κ3) is 3.12. The lowest BCUT2D eigenvalue weighted by atomic mass is 9.86. The van der Waals surface area contributed by atoms with Crippen molar-refractivity contribution in [1.29, 1.82) is 0 Å². The zero-order valence-corrected chi connectivity index (χ0v) is 13.0. The Morgan fingerprint density at radius 2 is 1.86 bits per heavy atom. The molecule has 0 aliphatic carbocycles. The molecular formula is C15H15ClN2O4. The molecule has 0 amide bonds. The number of aromatic nitrogens is 2. The Morgan fingerprint density at radius 3 is 2.45 bits per heavy atom. The third-order valence-electron chi connectivity index (χ3n) is 2.99. The molecular weight excluding hydrogens is 308 g/mol. The lowest BCUT2D eigenvalue weighted by Gasteiger charge is -2.22. The molecule has 0 saturated carbocycles. The van der Waals surface area contributed by atoms with Crippen molar-refractivity contribution < 1.29 is 19.7 Å². The van der Waals surface area contributed by atoms with Gasteiger partial charge in [-0.1, -0.05) is 50.6 Å². The van der Waals surface area contributed by atoms with Crippen molar-refractivity contribution in [2.75, 3.05) is 0 Å². The Bertz CT molecular complexity index is 726. The van der Waals surface area contributed by atoms with Gasteiger partial charge in [0.2, 0.25) is 0 Å².